The van der Waals surface area contributed by atoms with Gasteiger partial charge in [-0.15, -0.1) is 13.2 Å². The van der Waals surface area contributed by atoms with Crippen LogP contribution in [-0.2, 0) is 20.7 Å². The van der Waals surface area contributed by atoms with E-state index in [1.807, 2.05) is 0 Å². The lowest BCUT2D eigenvalue weighted by Gasteiger charge is -2.39. The van der Waals surface area contributed by atoms with E-state index in [0.29, 0.717) is 21.2 Å². The average molecular weight is 528 g/mol. The number of fused-ring (bicyclic) bond motifs is 3. The summed E-state index contributed by atoms with van der Waals surface area (Å²) in [6.07, 6.45) is -7.96. The number of benzene rings is 2. The summed E-state index contributed by atoms with van der Waals surface area (Å²) in [5, 5.41) is 15.2. The van der Waals surface area contributed by atoms with Crippen LogP contribution in [0.4, 0.5) is 28.4 Å². The van der Waals surface area contributed by atoms with Gasteiger partial charge in [0.2, 0.25) is 5.60 Å². The first-order valence-electron chi connectivity index (χ1n) is 10.2. The van der Waals surface area contributed by atoms with Gasteiger partial charge < -0.3 is 19.3 Å². The molecule has 0 fully saturated rings. The summed E-state index contributed by atoms with van der Waals surface area (Å²) in [5.74, 6) is -2.23. The van der Waals surface area contributed by atoms with Gasteiger partial charge in [-0.05, 0) is 36.8 Å². The largest absolute Gasteiger partial charge is 0.573 e. The molecule has 2 unspecified atom stereocenters. The second-order valence-corrected chi connectivity index (χ2v) is 8.16. The highest BCUT2D eigenvalue weighted by atomic mass is 35.5. The third-order valence-corrected chi connectivity index (χ3v) is 5.73. The molecular weight excluding hydrogens is 511 g/mol. The summed E-state index contributed by atoms with van der Waals surface area (Å²) in [6.45, 7) is 1.30. The number of hydrazone groups is 1. The number of ether oxygens (including phenoxy) is 3. The first kappa shape index (κ1) is 25.3. The van der Waals surface area contributed by atoms with Gasteiger partial charge in [-0.25, -0.2) is 14.4 Å². The van der Waals surface area contributed by atoms with Gasteiger partial charge in [-0.1, -0.05) is 29.8 Å². The van der Waals surface area contributed by atoms with Gasteiger partial charge in [-0.2, -0.15) is 15.0 Å². The number of nitrogens with zero attached hydrogens (tertiary/aromatic N) is 3. The fourth-order valence-corrected chi connectivity index (χ4v) is 4.22. The van der Waals surface area contributed by atoms with Crippen molar-refractivity contribution in [2.24, 2.45) is 5.10 Å². The number of imide groups is 1. The van der Waals surface area contributed by atoms with E-state index in [1.165, 1.54) is 37.3 Å². The number of hydrogen-bond acceptors (Lipinski definition) is 7. The van der Waals surface area contributed by atoms with Crippen LogP contribution < -0.4 is 9.64 Å². The fraction of sp³-hybridized carbons (Fsp3) is 0.273. The average Bonchev–Trinajstić information content (AvgIpc) is 3.11. The Hall–Kier alpha value is -3.84. The lowest BCUT2D eigenvalue weighted by molar-refractivity contribution is -0.274. The van der Waals surface area contributed by atoms with Crippen molar-refractivity contribution in [3.05, 3.63) is 58.6 Å². The van der Waals surface area contributed by atoms with E-state index in [0.717, 1.165) is 19.2 Å². The zero-order valence-electron chi connectivity index (χ0n) is 18.6. The van der Waals surface area contributed by atoms with Crippen molar-refractivity contribution >= 4 is 41.1 Å². The number of aliphatic carboxylic acids is 1. The highest BCUT2D eigenvalue weighted by Crippen LogP contribution is 2.41. The number of urea groups is 1. The number of alkyl halides is 3. The Morgan fingerprint density at radius 1 is 1.25 bits per heavy atom. The van der Waals surface area contributed by atoms with Crippen LogP contribution in [-0.4, -0.2) is 59.2 Å². The summed E-state index contributed by atoms with van der Waals surface area (Å²) in [5.41, 5.74) is -1.84. The van der Waals surface area contributed by atoms with E-state index < -0.39 is 47.7 Å². The van der Waals surface area contributed by atoms with Gasteiger partial charge in [0, 0.05) is 17.0 Å². The maximum Gasteiger partial charge on any atom is 0.573 e. The van der Waals surface area contributed by atoms with Gasteiger partial charge in [0.1, 0.15) is 5.71 Å². The Balaban J connectivity index is 1.82. The monoisotopic (exact) mass is 527 g/mol. The quantitative estimate of drug-likeness (QED) is 0.629. The minimum Gasteiger partial charge on any atom is -0.479 e. The molecule has 10 nitrogen and oxygen atoms in total. The lowest BCUT2D eigenvalue weighted by Crippen LogP contribution is -2.59. The number of methoxy groups -OCH3 is 1. The van der Waals surface area contributed by atoms with Crippen LogP contribution in [0.25, 0.3) is 0 Å². The number of halogens is 4. The molecule has 2 atom stereocenters. The molecule has 3 amide bonds. The molecule has 1 aliphatic heterocycles. The fourth-order valence-electron chi connectivity index (χ4n) is 4.02. The molecule has 2 aliphatic rings. The Morgan fingerprint density at radius 2 is 1.94 bits per heavy atom. The molecule has 1 aliphatic carbocycles. The van der Waals surface area contributed by atoms with Crippen LogP contribution in [0.3, 0.4) is 0 Å². The number of rotatable bonds is 3. The lowest BCUT2D eigenvalue weighted by atomic mass is 9.97. The molecule has 0 radical (unpaired) electrons. The van der Waals surface area contributed by atoms with Crippen molar-refractivity contribution in [3.8, 4) is 5.75 Å². The first-order chi connectivity index (χ1) is 16.9. The molecule has 1 heterocycles. The Kier molecular flexibility index (Phi) is 6.31. The second kappa shape index (κ2) is 8.99. The van der Waals surface area contributed by atoms with Crippen molar-refractivity contribution in [2.45, 2.75) is 31.5 Å². The molecular formula is C22H17ClF3N3O7. The number of carboxylic acids is 1. The third-order valence-electron chi connectivity index (χ3n) is 5.49. The molecule has 14 heteroatoms. The van der Waals surface area contributed by atoms with Gasteiger partial charge in [-0.3, -0.25) is 0 Å². The third kappa shape index (κ3) is 4.31. The molecule has 0 saturated heterocycles. The van der Waals surface area contributed by atoms with Crippen LogP contribution >= 0.6 is 11.6 Å². The molecule has 1 N–H and O–H groups in total. The minimum absolute atomic E-state index is 0.133. The van der Waals surface area contributed by atoms with Gasteiger partial charge in [0.15, 0.2) is 12.0 Å². The van der Waals surface area contributed by atoms with Gasteiger partial charge in [0.25, 0.3) is 0 Å². The van der Waals surface area contributed by atoms with Crippen molar-refractivity contribution in [2.75, 3.05) is 12.0 Å². The molecule has 36 heavy (non-hydrogen) atoms. The zero-order chi connectivity index (χ0) is 26.4. The minimum atomic E-state index is -5.13. The van der Waals surface area contributed by atoms with E-state index in [1.54, 1.807) is 0 Å². The zero-order valence-corrected chi connectivity index (χ0v) is 19.3. The second-order valence-electron chi connectivity index (χ2n) is 7.72. The number of amides is 3. The summed E-state index contributed by atoms with van der Waals surface area (Å²) < 4.78 is 53.2. The molecule has 2 aromatic rings. The van der Waals surface area contributed by atoms with E-state index in [9.17, 15) is 32.7 Å². The normalized spacial score (nSPS) is 20.7. The Bertz CT molecular complexity index is 1290. The van der Waals surface area contributed by atoms with Crippen LogP contribution in [0.2, 0.25) is 5.02 Å². The molecule has 2 aromatic carbocycles. The van der Waals surface area contributed by atoms with Crippen LogP contribution in [0.1, 0.15) is 18.1 Å². The van der Waals surface area contributed by atoms with Crippen molar-refractivity contribution in [1.29, 1.82) is 0 Å². The number of anilines is 1. The summed E-state index contributed by atoms with van der Waals surface area (Å²) in [7, 11) is 0.921. The van der Waals surface area contributed by atoms with Crippen LogP contribution in [0.5, 0.6) is 5.75 Å². The summed E-state index contributed by atoms with van der Waals surface area (Å²) >= 11 is 6.03. The van der Waals surface area contributed by atoms with Crippen LogP contribution in [0, 0.1) is 0 Å². The van der Waals surface area contributed by atoms with Crippen molar-refractivity contribution in [1.82, 2.24) is 5.01 Å². The SMILES string of the molecule is COC(=O)N(C(=O)N1N=C2c3ccc(Cl)cc3CC2(C(=O)O)OC1C)c1ccccc1OC(F)(F)F. The summed E-state index contributed by atoms with van der Waals surface area (Å²) in [6, 6.07) is 7.68. The van der Waals surface area contributed by atoms with Gasteiger partial charge >= 0.3 is 24.5 Å². The first-order valence-corrected chi connectivity index (χ1v) is 10.6. The van der Waals surface area contributed by atoms with E-state index in [4.69, 9.17) is 16.3 Å². The molecule has 0 aromatic heterocycles. The van der Waals surface area contributed by atoms with Crippen molar-refractivity contribution < 1.29 is 46.9 Å². The topological polar surface area (TPSA) is 118 Å². The Labute approximate surface area is 206 Å². The molecule has 0 bridgehead atoms. The predicted octanol–water partition coefficient (Wildman–Crippen LogP) is 4.39. The van der Waals surface area contributed by atoms with E-state index >= 15 is 0 Å². The molecule has 190 valence electrons. The van der Waals surface area contributed by atoms with Gasteiger partial charge in [0.05, 0.1) is 12.8 Å². The molecule has 0 saturated carbocycles. The highest BCUT2D eigenvalue weighted by molar-refractivity contribution is 6.31. The maximum atomic E-state index is 13.5. The number of carbonyl (C=O) groups is 3. The summed E-state index contributed by atoms with van der Waals surface area (Å²) in [4.78, 5) is 38.6. The standard InChI is InChI=1S/C22H17ClF3N3O7/c1-11-29(27-17-14-8-7-13(23)9-12(14)10-21(17,35-11)18(30)31)19(32)28(20(33)34-2)15-5-3-4-6-16(15)36-22(24,25)26/h3-9,11H,10H2,1-2H3,(H,30,31). The van der Waals surface area contributed by atoms with E-state index in [-0.39, 0.29) is 17.0 Å². The maximum absolute atomic E-state index is 13.5. The number of para-hydroxylation sites is 2. The molecule has 0 spiro atoms. The number of carboxylic acid groups (broad SMARTS) is 1. The highest BCUT2D eigenvalue weighted by Gasteiger charge is 2.56. The van der Waals surface area contributed by atoms with Crippen molar-refractivity contribution in [3.63, 3.8) is 0 Å². The molecule has 4 rings (SSSR count). The number of carbonyl (C=O) groups excluding carboxylic acids is 2. The Morgan fingerprint density at radius 3 is 2.58 bits per heavy atom. The predicted molar refractivity (Wildman–Crippen MR) is 118 cm³/mol. The van der Waals surface area contributed by atoms with E-state index in [2.05, 4.69) is 14.6 Å². The smallest absolute Gasteiger partial charge is 0.479 e. The number of hydrogen-bond donors (Lipinski definition) is 1. The van der Waals surface area contributed by atoms with Crippen LogP contribution in [0.15, 0.2) is 47.6 Å².